The molecule has 7 aromatic carbocycles. The van der Waals surface area contributed by atoms with Crippen LogP contribution in [0.5, 0.6) is 0 Å². The van der Waals surface area contributed by atoms with E-state index in [2.05, 4.69) is 191 Å². The first-order chi connectivity index (χ1) is 24.6. The molecule has 7 aromatic rings. The van der Waals surface area contributed by atoms with Gasteiger partial charge in [0.1, 0.15) is 0 Å². The van der Waals surface area contributed by atoms with E-state index >= 15 is 0 Å². The molecule has 0 fully saturated rings. The highest BCUT2D eigenvalue weighted by molar-refractivity contribution is 6.21. The summed E-state index contributed by atoms with van der Waals surface area (Å²) in [5, 5.41) is 5.21. The number of rotatable bonds is 2. The number of hydrogen-bond donors (Lipinski definition) is 0. The predicted molar refractivity (Wildman–Crippen MR) is 225 cm³/mol. The molecule has 0 bridgehead atoms. The van der Waals surface area contributed by atoms with Gasteiger partial charge in [-0.15, -0.1) is 0 Å². The fraction of sp³-hybridized carbons (Fsp3) is 0.269. The molecule has 2 aliphatic carbocycles. The van der Waals surface area contributed by atoms with Crippen LogP contribution in [0.3, 0.4) is 0 Å². The van der Waals surface area contributed by atoms with Crippen LogP contribution in [0.15, 0.2) is 121 Å². The minimum Gasteiger partial charge on any atom is -0.0616 e. The monoisotopic (exact) mass is 674 g/mol. The van der Waals surface area contributed by atoms with E-state index in [0.29, 0.717) is 0 Å². The maximum absolute atomic E-state index is 2.50. The summed E-state index contributed by atoms with van der Waals surface area (Å²) in [6.45, 7) is 23.5. The van der Waals surface area contributed by atoms with Crippen LogP contribution in [0.1, 0.15) is 103 Å². The highest BCUT2D eigenvalue weighted by atomic mass is 14.4. The lowest BCUT2D eigenvalue weighted by Gasteiger charge is -2.26. The van der Waals surface area contributed by atoms with Crippen LogP contribution in [0.2, 0.25) is 0 Å². The molecule has 0 saturated heterocycles. The van der Waals surface area contributed by atoms with Gasteiger partial charge in [-0.3, -0.25) is 0 Å². The summed E-state index contributed by atoms with van der Waals surface area (Å²) in [6.07, 6.45) is 0. The Morgan fingerprint density at radius 1 is 0.346 bits per heavy atom. The Hall–Kier alpha value is -4.94. The van der Waals surface area contributed by atoms with Crippen LogP contribution in [0.4, 0.5) is 0 Å². The van der Waals surface area contributed by atoms with E-state index in [-0.39, 0.29) is 21.7 Å². The van der Waals surface area contributed by atoms with Crippen LogP contribution in [-0.4, -0.2) is 0 Å². The molecule has 9 rings (SSSR count). The van der Waals surface area contributed by atoms with Crippen LogP contribution < -0.4 is 0 Å². The van der Waals surface area contributed by atoms with Gasteiger partial charge < -0.3 is 0 Å². The smallest absolute Gasteiger partial charge is 0.0159 e. The van der Waals surface area contributed by atoms with Crippen molar-refractivity contribution in [1.29, 1.82) is 0 Å². The third-order valence-corrected chi connectivity index (χ3v) is 12.6. The molecule has 0 aliphatic heterocycles. The van der Waals surface area contributed by atoms with Gasteiger partial charge in [-0.25, -0.2) is 0 Å². The Bertz CT molecular complexity index is 2390. The van der Waals surface area contributed by atoms with E-state index in [0.717, 1.165) is 0 Å². The lowest BCUT2D eigenvalue weighted by Crippen LogP contribution is -2.17. The Balaban J connectivity index is 1.23. The molecule has 0 N–H and O–H groups in total. The summed E-state index contributed by atoms with van der Waals surface area (Å²) in [5.41, 5.74) is 19.2. The van der Waals surface area contributed by atoms with Crippen LogP contribution in [0.25, 0.3) is 66.1 Å². The highest BCUT2D eigenvalue weighted by Gasteiger charge is 2.38. The van der Waals surface area contributed by atoms with E-state index in [9.17, 15) is 0 Å². The minimum absolute atomic E-state index is 0.0874. The number of benzene rings is 7. The highest BCUT2D eigenvalue weighted by Crippen LogP contribution is 2.54. The Morgan fingerprint density at radius 3 is 0.942 bits per heavy atom. The quantitative estimate of drug-likeness (QED) is 0.160. The lowest BCUT2D eigenvalue weighted by molar-refractivity contribution is 0.584. The molecule has 52 heavy (non-hydrogen) atoms. The molecule has 0 saturated carbocycles. The normalized spacial score (nSPS) is 15.4. The summed E-state index contributed by atoms with van der Waals surface area (Å²) >= 11 is 0. The molecule has 258 valence electrons. The van der Waals surface area contributed by atoms with Crippen molar-refractivity contribution in [2.45, 2.75) is 90.9 Å². The fourth-order valence-electron chi connectivity index (χ4n) is 9.47. The third kappa shape index (κ3) is 4.66. The molecule has 0 heteroatoms. The van der Waals surface area contributed by atoms with E-state index in [1.807, 2.05) is 0 Å². The van der Waals surface area contributed by atoms with Crippen LogP contribution >= 0.6 is 0 Å². The molecule has 0 aromatic heterocycles. The zero-order valence-corrected chi connectivity index (χ0v) is 32.5. The van der Waals surface area contributed by atoms with Gasteiger partial charge in [-0.2, -0.15) is 0 Å². The Labute approximate surface area is 310 Å². The molecule has 0 nitrogen and oxygen atoms in total. The average molecular weight is 675 g/mol. The molecular weight excluding hydrogens is 625 g/mol. The second-order valence-corrected chi connectivity index (χ2v) is 18.6. The zero-order chi connectivity index (χ0) is 36.5. The maximum atomic E-state index is 2.50. The second-order valence-electron chi connectivity index (χ2n) is 18.6. The van der Waals surface area contributed by atoms with Crippen molar-refractivity contribution in [3.05, 3.63) is 155 Å². The fourth-order valence-corrected chi connectivity index (χ4v) is 9.47. The van der Waals surface area contributed by atoms with Crippen molar-refractivity contribution in [3.63, 3.8) is 0 Å². The predicted octanol–water partition coefficient (Wildman–Crippen LogP) is 14.5. The third-order valence-electron chi connectivity index (χ3n) is 12.6. The molecule has 0 amide bonds. The van der Waals surface area contributed by atoms with E-state index in [1.165, 1.54) is 99.4 Å². The van der Waals surface area contributed by atoms with Crippen molar-refractivity contribution in [2.75, 3.05) is 0 Å². The summed E-state index contributed by atoms with van der Waals surface area (Å²) in [4.78, 5) is 0. The molecular formula is C52H50. The zero-order valence-electron chi connectivity index (χ0n) is 32.5. The van der Waals surface area contributed by atoms with Gasteiger partial charge in [-0.05, 0) is 122 Å². The summed E-state index contributed by atoms with van der Waals surface area (Å²) in [6, 6.07) is 47.0. The first kappa shape index (κ1) is 32.9. The van der Waals surface area contributed by atoms with Crippen molar-refractivity contribution >= 4 is 21.5 Å². The van der Waals surface area contributed by atoms with Crippen molar-refractivity contribution < 1.29 is 0 Å². The van der Waals surface area contributed by atoms with Gasteiger partial charge in [0.05, 0.1) is 0 Å². The summed E-state index contributed by atoms with van der Waals surface area (Å²) in [7, 11) is 0. The van der Waals surface area contributed by atoms with Gasteiger partial charge in [-0.1, -0.05) is 178 Å². The Kier molecular flexibility index (Phi) is 6.84. The first-order valence-electron chi connectivity index (χ1n) is 19.1. The van der Waals surface area contributed by atoms with Gasteiger partial charge >= 0.3 is 0 Å². The van der Waals surface area contributed by atoms with Crippen molar-refractivity contribution in [1.82, 2.24) is 0 Å². The van der Waals surface area contributed by atoms with Gasteiger partial charge in [0.15, 0.2) is 0 Å². The molecule has 0 radical (unpaired) electrons. The number of fused-ring (bicyclic) bond motifs is 8. The molecule has 0 atom stereocenters. The van der Waals surface area contributed by atoms with Crippen LogP contribution in [0, 0.1) is 0 Å². The maximum Gasteiger partial charge on any atom is 0.0159 e. The largest absolute Gasteiger partial charge is 0.0616 e. The summed E-state index contributed by atoms with van der Waals surface area (Å²) in [5.74, 6) is 0. The van der Waals surface area contributed by atoms with Gasteiger partial charge in [0.2, 0.25) is 0 Å². The molecule has 2 aliphatic rings. The van der Waals surface area contributed by atoms with Crippen molar-refractivity contribution in [3.8, 4) is 44.5 Å². The molecule has 0 spiro atoms. The average Bonchev–Trinajstić information content (AvgIpc) is 3.48. The van der Waals surface area contributed by atoms with E-state index in [4.69, 9.17) is 0 Å². The SMILES string of the molecule is CC(C)(C)c1ccc2c(c1)C(C)(C)c1cc(-c3c4ccccc4c(-c4ccc5c(c4)C(C)(C)c4cc(C(C)(C)C)ccc4-5)c4ccccc34)ccc1-2. The Morgan fingerprint density at radius 2 is 0.635 bits per heavy atom. The lowest BCUT2D eigenvalue weighted by atomic mass is 9.78. The van der Waals surface area contributed by atoms with Crippen LogP contribution in [-0.2, 0) is 21.7 Å². The minimum atomic E-state index is -0.0874. The van der Waals surface area contributed by atoms with E-state index in [1.54, 1.807) is 0 Å². The first-order valence-corrected chi connectivity index (χ1v) is 19.1. The number of hydrogen-bond acceptors (Lipinski definition) is 0. The summed E-state index contributed by atoms with van der Waals surface area (Å²) < 4.78 is 0. The standard InChI is InChI=1S/C52H50/c1-49(2,3)33-21-25-37-35-23-19-31(27-43(35)51(7,8)45(37)29-33)47-39-15-11-13-17-41(39)48(42-18-14-12-16-40(42)47)32-20-24-36-38-26-22-34(50(4,5)6)30-46(38)52(9,10)44(36)28-32/h11-30H,1-10H3. The van der Waals surface area contributed by atoms with Gasteiger partial charge in [0.25, 0.3) is 0 Å². The topological polar surface area (TPSA) is 0 Å². The second kappa shape index (κ2) is 10.8. The van der Waals surface area contributed by atoms with E-state index < -0.39 is 0 Å². The molecule has 0 unspecified atom stereocenters. The molecule has 0 heterocycles. The van der Waals surface area contributed by atoms with Gasteiger partial charge in [0, 0.05) is 10.8 Å². The van der Waals surface area contributed by atoms with Crippen molar-refractivity contribution in [2.24, 2.45) is 0 Å².